The van der Waals surface area contributed by atoms with Crippen molar-refractivity contribution in [1.82, 2.24) is 5.32 Å². The molecular formula is C19H17BrN2O3S. The van der Waals surface area contributed by atoms with Crippen molar-refractivity contribution in [1.29, 1.82) is 0 Å². The molecule has 1 heterocycles. The van der Waals surface area contributed by atoms with Crippen LogP contribution >= 0.6 is 27.7 Å². The fraction of sp³-hybridized carbons (Fsp3) is 0.158. The van der Waals surface area contributed by atoms with Crippen molar-refractivity contribution in [2.75, 3.05) is 13.7 Å². The van der Waals surface area contributed by atoms with Gasteiger partial charge in [0, 0.05) is 0 Å². The van der Waals surface area contributed by atoms with Gasteiger partial charge in [0.15, 0.2) is 5.17 Å². The van der Waals surface area contributed by atoms with Gasteiger partial charge < -0.3 is 14.8 Å². The van der Waals surface area contributed by atoms with Gasteiger partial charge in [0.1, 0.15) is 11.5 Å². The first kappa shape index (κ1) is 18.5. The topological polar surface area (TPSA) is 59.9 Å². The second-order valence-electron chi connectivity index (χ2n) is 5.30. The highest BCUT2D eigenvalue weighted by Gasteiger charge is 2.23. The number of nitrogens with zero attached hydrogens (tertiary/aromatic N) is 1. The molecule has 2 aromatic carbocycles. The number of aliphatic imine (C=N–C) groups is 1. The zero-order valence-electron chi connectivity index (χ0n) is 14.3. The van der Waals surface area contributed by atoms with E-state index >= 15 is 0 Å². The van der Waals surface area contributed by atoms with Crippen LogP contribution in [0.3, 0.4) is 0 Å². The third kappa shape index (κ3) is 4.47. The molecule has 134 valence electrons. The van der Waals surface area contributed by atoms with Crippen LogP contribution in [-0.4, -0.2) is 24.8 Å². The number of rotatable bonds is 5. The zero-order valence-corrected chi connectivity index (χ0v) is 16.7. The summed E-state index contributed by atoms with van der Waals surface area (Å²) in [5.74, 6) is 1.38. The fourth-order valence-corrected chi connectivity index (χ4v) is 3.71. The van der Waals surface area contributed by atoms with Gasteiger partial charge in [0.05, 0.1) is 28.8 Å². The van der Waals surface area contributed by atoms with Gasteiger partial charge in [-0.25, -0.2) is 4.99 Å². The lowest BCUT2D eigenvalue weighted by molar-refractivity contribution is -0.115. The Balaban J connectivity index is 1.76. The van der Waals surface area contributed by atoms with Crippen LogP contribution in [-0.2, 0) is 4.79 Å². The smallest absolute Gasteiger partial charge is 0.264 e. The molecule has 0 unspecified atom stereocenters. The summed E-state index contributed by atoms with van der Waals surface area (Å²) < 4.78 is 11.5. The maximum Gasteiger partial charge on any atom is 0.264 e. The molecule has 5 nitrogen and oxygen atoms in total. The summed E-state index contributed by atoms with van der Waals surface area (Å²) >= 11 is 4.76. The lowest BCUT2D eigenvalue weighted by atomic mass is 10.2. The van der Waals surface area contributed by atoms with Crippen LogP contribution in [0.4, 0.5) is 5.69 Å². The molecule has 1 aliphatic heterocycles. The molecule has 1 saturated heterocycles. The molecule has 1 amide bonds. The standard InChI is InChI=1S/C19H17BrN2O3S/c1-3-25-14-7-5-13(6-8-14)21-19-22-18(23)17(26-19)11-12-4-9-16(24-2)15(20)10-12/h4-11H,3H2,1-2H3,(H,21,22,23)/b17-11-. The van der Waals surface area contributed by atoms with Crippen LogP contribution in [0.2, 0.25) is 0 Å². The Kier molecular flexibility index (Phi) is 6.00. The van der Waals surface area contributed by atoms with E-state index in [2.05, 4.69) is 26.2 Å². The molecule has 7 heteroatoms. The van der Waals surface area contributed by atoms with Gasteiger partial charge in [-0.2, -0.15) is 0 Å². The van der Waals surface area contributed by atoms with Crippen molar-refractivity contribution in [3.63, 3.8) is 0 Å². The summed E-state index contributed by atoms with van der Waals surface area (Å²) in [6.45, 7) is 2.56. The van der Waals surface area contributed by atoms with Gasteiger partial charge in [-0.15, -0.1) is 0 Å². The van der Waals surface area contributed by atoms with Gasteiger partial charge >= 0.3 is 0 Å². The number of amidine groups is 1. The Morgan fingerprint density at radius 2 is 2.00 bits per heavy atom. The number of carbonyl (C=O) groups excluding carboxylic acids is 1. The summed E-state index contributed by atoms with van der Waals surface area (Å²) in [6, 6.07) is 13.1. The summed E-state index contributed by atoms with van der Waals surface area (Å²) in [6.07, 6.45) is 1.82. The summed E-state index contributed by atoms with van der Waals surface area (Å²) in [5, 5.41) is 3.34. The van der Waals surface area contributed by atoms with Crippen molar-refractivity contribution < 1.29 is 14.3 Å². The Morgan fingerprint density at radius 1 is 1.23 bits per heavy atom. The van der Waals surface area contributed by atoms with Crippen LogP contribution < -0.4 is 14.8 Å². The highest BCUT2D eigenvalue weighted by Crippen LogP contribution is 2.31. The second kappa shape index (κ2) is 8.42. The average Bonchev–Trinajstić information content (AvgIpc) is 2.96. The van der Waals surface area contributed by atoms with E-state index in [9.17, 15) is 4.79 Å². The van der Waals surface area contributed by atoms with Crippen molar-refractivity contribution in [3.8, 4) is 11.5 Å². The van der Waals surface area contributed by atoms with Gasteiger partial charge in [0.2, 0.25) is 0 Å². The first-order chi connectivity index (χ1) is 12.6. The summed E-state index contributed by atoms with van der Waals surface area (Å²) in [4.78, 5) is 17.2. The molecule has 1 fully saturated rings. The molecule has 0 bridgehead atoms. The van der Waals surface area contributed by atoms with Gasteiger partial charge in [-0.05, 0) is 82.7 Å². The molecule has 1 N–H and O–H groups in total. The van der Waals surface area contributed by atoms with E-state index in [4.69, 9.17) is 9.47 Å². The van der Waals surface area contributed by atoms with Crippen LogP contribution in [0.5, 0.6) is 11.5 Å². The Hall–Kier alpha value is -2.25. The van der Waals surface area contributed by atoms with Crippen LogP contribution in [0.1, 0.15) is 12.5 Å². The van der Waals surface area contributed by atoms with Crippen molar-refractivity contribution >= 4 is 50.5 Å². The third-order valence-electron chi connectivity index (χ3n) is 3.50. The maximum absolute atomic E-state index is 12.2. The van der Waals surface area contributed by atoms with E-state index in [0.29, 0.717) is 16.7 Å². The minimum atomic E-state index is -0.161. The van der Waals surface area contributed by atoms with Crippen LogP contribution in [0, 0.1) is 0 Å². The maximum atomic E-state index is 12.2. The predicted molar refractivity (Wildman–Crippen MR) is 109 cm³/mol. The van der Waals surface area contributed by atoms with E-state index in [1.54, 1.807) is 7.11 Å². The van der Waals surface area contributed by atoms with E-state index in [1.165, 1.54) is 11.8 Å². The lowest BCUT2D eigenvalue weighted by Crippen LogP contribution is -2.19. The van der Waals surface area contributed by atoms with E-state index in [0.717, 1.165) is 27.2 Å². The van der Waals surface area contributed by atoms with Crippen LogP contribution in [0.25, 0.3) is 6.08 Å². The van der Waals surface area contributed by atoms with Gasteiger partial charge in [0.25, 0.3) is 5.91 Å². The molecule has 0 saturated carbocycles. The molecule has 0 aliphatic carbocycles. The second-order valence-corrected chi connectivity index (χ2v) is 7.19. The van der Waals surface area contributed by atoms with E-state index in [1.807, 2.05) is 55.5 Å². The molecular weight excluding hydrogens is 416 g/mol. The molecule has 26 heavy (non-hydrogen) atoms. The number of methoxy groups -OCH3 is 1. The van der Waals surface area contributed by atoms with Gasteiger partial charge in [-0.3, -0.25) is 4.79 Å². The summed E-state index contributed by atoms with van der Waals surface area (Å²) in [7, 11) is 1.61. The normalized spacial score (nSPS) is 16.8. The Bertz CT molecular complexity index is 879. The van der Waals surface area contributed by atoms with Crippen LogP contribution in [0.15, 0.2) is 56.8 Å². The largest absolute Gasteiger partial charge is 0.496 e. The molecule has 0 atom stereocenters. The number of carbonyl (C=O) groups is 1. The Morgan fingerprint density at radius 3 is 2.65 bits per heavy atom. The summed E-state index contributed by atoms with van der Waals surface area (Å²) in [5.41, 5.74) is 1.65. The zero-order chi connectivity index (χ0) is 18.5. The van der Waals surface area contributed by atoms with Crippen molar-refractivity contribution in [2.45, 2.75) is 6.92 Å². The van der Waals surface area contributed by atoms with E-state index in [-0.39, 0.29) is 5.91 Å². The predicted octanol–water partition coefficient (Wildman–Crippen LogP) is 4.75. The molecule has 1 aliphatic rings. The minimum absolute atomic E-state index is 0.161. The Labute approximate surface area is 164 Å². The van der Waals surface area contributed by atoms with Gasteiger partial charge in [-0.1, -0.05) is 6.07 Å². The number of benzene rings is 2. The number of nitrogens with one attached hydrogen (secondary N) is 1. The molecule has 3 rings (SSSR count). The number of hydrogen-bond donors (Lipinski definition) is 1. The SMILES string of the molecule is CCOc1ccc(N=C2NC(=O)/C(=C/c3ccc(OC)c(Br)c3)S2)cc1. The first-order valence-electron chi connectivity index (χ1n) is 7.95. The minimum Gasteiger partial charge on any atom is -0.496 e. The number of amides is 1. The number of halogens is 1. The number of ether oxygens (including phenoxy) is 2. The number of thioether (sulfide) groups is 1. The van der Waals surface area contributed by atoms with Crippen molar-refractivity contribution in [3.05, 3.63) is 57.4 Å². The lowest BCUT2D eigenvalue weighted by Gasteiger charge is -2.03. The quantitative estimate of drug-likeness (QED) is 0.692. The fourth-order valence-electron chi connectivity index (χ4n) is 2.31. The first-order valence-corrected chi connectivity index (χ1v) is 9.56. The third-order valence-corrected chi connectivity index (χ3v) is 5.03. The highest BCUT2D eigenvalue weighted by atomic mass is 79.9. The number of hydrogen-bond acceptors (Lipinski definition) is 5. The monoisotopic (exact) mass is 432 g/mol. The molecule has 2 aromatic rings. The molecule has 0 spiro atoms. The molecule has 0 aromatic heterocycles. The van der Waals surface area contributed by atoms with Crippen molar-refractivity contribution in [2.24, 2.45) is 4.99 Å². The average molecular weight is 433 g/mol. The van der Waals surface area contributed by atoms with E-state index < -0.39 is 0 Å². The highest BCUT2D eigenvalue weighted by molar-refractivity contribution is 9.10. The molecule has 0 radical (unpaired) electrons.